The third kappa shape index (κ3) is 3.50. The summed E-state index contributed by atoms with van der Waals surface area (Å²) < 4.78 is 0. The molecule has 0 saturated carbocycles. The van der Waals surface area contributed by atoms with E-state index in [4.69, 9.17) is 11.6 Å². The minimum atomic E-state index is -1.50. The van der Waals surface area contributed by atoms with E-state index >= 15 is 0 Å². The summed E-state index contributed by atoms with van der Waals surface area (Å²) in [6, 6.07) is 22.2. The van der Waals surface area contributed by atoms with Gasteiger partial charge in [0.15, 0.2) is 5.72 Å². The van der Waals surface area contributed by atoms with E-state index in [2.05, 4.69) is 6.92 Å². The molecule has 1 N–H and O–H groups in total. The van der Waals surface area contributed by atoms with Crippen molar-refractivity contribution in [2.75, 3.05) is 16.3 Å². The Morgan fingerprint density at radius 3 is 2.31 bits per heavy atom. The fourth-order valence-corrected chi connectivity index (χ4v) is 3.87. The van der Waals surface area contributed by atoms with E-state index in [1.165, 1.54) is 4.90 Å². The number of carbonyl (C=O) groups is 1. The van der Waals surface area contributed by atoms with Gasteiger partial charge in [-0.3, -0.25) is 9.80 Å². The molecular formula is C24H23ClN2O2. The second-order valence-corrected chi connectivity index (χ2v) is 7.82. The van der Waals surface area contributed by atoms with Crippen molar-refractivity contribution in [1.82, 2.24) is 0 Å². The Bertz CT molecular complexity index is 1030. The number of nitrogens with zero attached hydrogens (tertiary/aromatic N) is 2. The zero-order chi connectivity index (χ0) is 20.6. The first-order chi connectivity index (χ1) is 13.9. The van der Waals surface area contributed by atoms with Crippen LogP contribution >= 0.6 is 11.6 Å². The Morgan fingerprint density at radius 1 is 1.00 bits per heavy atom. The van der Waals surface area contributed by atoms with Crippen molar-refractivity contribution in [1.29, 1.82) is 0 Å². The van der Waals surface area contributed by atoms with Crippen LogP contribution in [-0.4, -0.2) is 17.7 Å². The van der Waals surface area contributed by atoms with Crippen LogP contribution in [0.1, 0.15) is 23.6 Å². The molecule has 3 aromatic carbocycles. The molecule has 0 aliphatic carbocycles. The van der Waals surface area contributed by atoms with Gasteiger partial charge >= 0.3 is 6.03 Å². The Morgan fingerprint density at radius 2 is 1.66 bits per heavy atom. The van der Waals surface area contributed by atoms with E-state index in [0.717, 1.165) is 23.2 Å². The molecule has 1 atom stereocenters. The first-order valence-electron chi connectivity index (χ1n) is 9.68. The van der Waals surface area contributed by atoms with Crippen LogP contribution in [0.3, 0.4) is 0 Å². The van der Waals surface area contributed by atoms with Crippen LogP contribution in [0, 0.1) is 6.92 Å². The van der Waals surface area contributed by atoms with Gasteiger partial charge in [-0.15, -0.1) is 0 Å². The van der Waals surface area contributed by atoms with Crippen molar-refractivity contribution >= 4 is 29.0 Å². The molecule has 1 fully saturated rings. The lowest BCUT2D eigenvalue weighted by Crippen LogP contribution is -2.44. The second-order valence-electron chi connectivity index (χ2n) is 7.39. The van der Waals surface area contributed by atoms with Gasteiger partial charge in [0, 0.05) is 22.0 Å². The van der Waals surface area contributed by atoms with Gasteiger partial charge in [0.05, 0.1) is 6.54 Å². The highest BCUT2D eigenvalue weighted by molar-refractivity contribution is 6.30. The fraction of sp³-hybridized carbons (Fsp3) is 0.208. The smallest absolute Gasteiger partial charge is 0.331 e. The van der Waals surface area contributed by atoms with Crippen LogP contribution in [0.25, 0.3) is 0 Å². The summed E-state index contributed by atoms with van der Waals surface area (Å²) >= 11 is 6.05. The Kier molecular flexibility index (Phi) is 5.07. The average molecular weight is 407 g/mol. The van der Waals surface area contributed by atoms with Crippen molar-refractivity contribution in [3.63, 3.8) is 0 Å². The molecule has 1 aliphatic rings. The molecule has 2 amide bonds. The predicted octanol–water partition coefficient (Wildman–Crippen LogP) is 5.50. The van der Waals surface area contributed by atoms with Crippen LogP contribution in [-0.2, 0) is 12.1 Å². The number of hydrogen-bond donors (Lipinski definition) is 1. The van der Waals surface area contributed by atoms with Crippen LogP contribution in [0.4, 0.5) is 16.2 Å². The SMILES string of the molecule is CCc1cccc(C2(O)CN(c3ccc(C)cc3)C(=O)N2c2ccc(Cl)cc2)c1. The molecule has 1 unspecified atom stereocenters. The van der Waals surface area contributed by atoms with Gasteiger partial charge < -0.3 is 5.11 Å². The number of aryl methyl sites for hydroxylation is 2. The van der Waals surface area contributed by atoms with Crippen molar-refractivity contribution in [3.8, 4) is 0 Å². The number of aliphatic hydroxyl groups is 1. The van der Waals surface area contributed by atoms with Gasteiger partial charge in [0.25, 0.3) is 0 Å². The van der Waals surface area contributed by atoms with E-state index in [0.29, 0.717) is 16.3 Å². The summed E-state index contributed by atoms with van der Waals surface area (Å²) in [4.78, 5) is 16.6. The summed E-state index contributed by atoms with van der Waals surface area (Å²) in [6.45, 7) is 4.20. The van der Waals surface area contributed by atoms with Crippen LogP contribution in [0.15, 0.2) is 72.8 Å². The van der Waals surface area contributed by atoms with Gasteiger partial charge in [-0.05, 0) is 55.3 Å². The van der Waals surface area contributed by atoms with E-state index < -0.39 is 5.72 Å². The summed E-state index contributed by atoms with van der Waals surface area (Å²) in [5, 5.41) is 12.4. The Labute approximate surface area is 176 Å². The predicted molar refractivity (Wildman–Crippen MR) is 118 cm³/mol. The second kappa shape index (κ2) is 7.54. The van der Waals surface area contributed by atoms with Crippen molar-refractivity contribution in [2.45, 2.75) is 26.0 Å². The molecule has 1 heterocycles. The van der Waals surface area contributed by atoms with Crippen LogP contribution in [0.5, 0.6) is 0 Å². The zero-order valence-electron chi connectivity index (χ0n) is 16.5. The van der Waals surface area contributed by atoms with E-state index in [1.54, 1.807) is 29.2 Å². The monoisotopic (exact) mass is 406 g/mol. The number of benzene rings is 3. The van der Waals surface area contributed by atoms with Crippen molar-refractivity contribution in [3.05, 3.63) is 94.5 Å². The van der Waals surface area contributed by atoms with Crippen LogP contribution in [0.2, 0.25) is 5.02 Å². The van der Waals surface area contributed by atoms with Gasteiger partial charge in [-0.2, -0.15) is 0 Å². The lowest BCUT2D eigenvalue weighted by atomic mass is 9.98. The maximum Gasteiger partial charge on any atom is 0.331 e. The van der Waals surface area contributed by atoms with Crippen molar-refractivity contribution < 1.29 is 9.90 Å². The average Bonchev–Trinajstić information content (AvgIpc) is 3.01. The molecule has 1 saturated heterocycles. The molecule has 0 radical (unpaired) electrons. The molecule has 1 aliphatic heterocycles. The highest BCUT2D eigenvalue weighted by Crippen LogP contribution is 2.40. The Hall–Kier alpha value is -2.82. The van der Waals surface area contributed by atoms with Crippen LogP contribution < -0.4 is 9.80 Å². The number of β-amino-alcohol motifs (C(OH)–C–C–N with tert-alkyl or cyclic N) is 1. The normalized spacial score (nSPS) is 19.1. The number of anilines is 2. The first-order valence-corrected chi connectivity index (χ1v) is 10.1. The lowest BCUT2D eigenvalue weighted by Gasteiger charge is -2.32. The number of hydrogen-bond acceptors (Lipinski definition) is 2. The first kappa shape index (κ1) is 19.5. The summed E-state index contributed by atoms with van der Waals surface area (Å²) in [5.41, 5.74) is 2.76. The minimum Gasteiger partial charge on any atom is -0.365 e. The molecule has 148 valence electrons. The number of rotatable bonds is 4. The van der Waals surface area contributed by atoms with Gasteiger partial charge in [-0.25, -0.2) is 4.79 Å². The third-order valence-electron chi connectivity index (χ3n) is 5.40. The molecule has 5 heteroatoms. The van der Waals surface area contributed by atoms with E-state index in [-0.39, 0.29) is 12.6 Å². The number of carbonyl (C=O) groups excluding carboxylic acids is 1. The van der Waals surface area contributed by atoms with Gasteiger partial charge in [0.2, 0.25) is 0 Å². The summed E-state index contributed by atoms with van der Waals surface area (Å²) in [5.74, 6) is 0. The zero-order valence-corrected chi connectivity index (χ0v) is 17.2. The van der Waals surface area contributed by atoms with E-state index in [9.17, 15) is 9.90 Å². The maximum atomic E-state index is 13.5. The maximum absolute atomic E-state index is 13.5. The van der Waals surface area contributed by atoms with Gasteiger partial charge in [0.1, 0.15) is 0 Å². The topological polar surface area (TPSA) is 43.8 Å². The number of halogens is 1. The quantitative estimate of drug-likeness (QED) is 0.621. The van der Waals surface area contributed by atoms with E-state index in [1.807, 2.05) is 55.5 Å². The Balaban J connectivity index is 1.84. The molecular weight excluding hydrogens is 384 g/mol. The minimum absolute atomic E-state index is 0.130. The molecule has 0 bridgehead atoms. The lowest BCUT2D eigenvalue weighted by molar-refractivity contribution is 0.0655. The fourth-order valence-electron chi connectivity index (χ4n) is 3.74. The molecule has 0 aromatic heterocycles. The standard InChI is InChI=1S/C24H23ClN2O2/c1-3-18-5-4-6-19(15-18)24(29)16-26(21-11-7-17(2)8-12-21)23(28)27(24)22-13-9-20(25)10-14-22/h4-15,29H,3,16H2,1-2H3. The van der Waals surface area contributed by atoms with Crippen molar-refractivity contribution in [2.24, 2.45) is 0 Å². The molecule has 4 rings (SSSR count). The highest BCUT2D eigenvalue weighted by Gasteiger charge is 2.51. The molecule has 0 spiro atoms. The molecule has 29 heavy (non-hydrogen) atoms. The largest absolute Gasteiger partial charge is 0.365 e. The molecule has 4 nitrogen and oxygen atoms in total. The van der Waals surface area contributed by atoms with Gasteiger partial charge in [-0.1, -0.05) is 60.5 Å². The molecule has 3 aromatic rings. The number of urea groups is 1. The third-order valence-corrected chi connectivity index (χ3v) is 5.65. The summed E-state index contributed by atoms with van der Waals surface area (Å²) in [7, 11) is 0. The summed E-state index contributed by atoms with van der Waals surface area (Å²) in [6.07, 6.45) is 0.848. The highest BCUT2D eigenvalue weighted by atomic mass is 35.5. The number of amides is 2.